The standard InChI is InChI=1S/C27H25F2N3O3/c1-14-13-30-23-16(14)10-7-11-17(23)20-18(28)12-19-21(22(20)29)24(25(33)27(2,3)32-19)31-26(34)35-15-8-5-4-6-9-15/h4-13,24-25,30,32-33H,1-3H3,(H,31,34)/t24-,25+/m1/s1. The van der Waals surface area contributed by atoms with E-state index in [1.165, 1.54) is 6.07 Å². The molecule has 0 saturated heterocycles. The summed E-state index contributed by atoms with van der Waals surface area (Å²) in [5.74, 6) is -1.33. The second-order valence-corrected chi connectivity index (χ2v) is 9.32. The number of aliphatic hydroxyl groups excluding tert-OH is 1. The van der Waals surface area contributed by atoms with Gasteiger partial charge in [0.05, 0.1) is 22.7 Å². The zero-order chi connectivity index (χ0) is 24.9. The molecule has 6 nitrogen and oxygen atoms in total. The molecule has 4 aromatic rings. The number of anilines is 1. The van der Waals surface area contributed by atoms with Gasteiger partial charge in [0.15, 0.2) is 0 Å². The van der Waals surface area contributed by atoms with Gasteiger partial charge in [0, 0.05) is 28.4 Å². The number of hydrogen-bond acceptors (Lipinski definition) is 4. The molecule has 0 aliphatic carbocycles. The maximum Gasteiger partial charge on any atom is 0.413 e. The average molecular weight is 478 g/mol. The molecule has 0 radical (unpaired) electrons. The molecule has 4 N–H and O–H groups in total. The molecule has 3 aromatic carbocycles. The first kappa shape index (κ1) is 22.9. The lowest BCUT2D eigenvalue weighted by molar-refractivity contribution is 0.0669. The molecular weight excluding hydrogens is 452 g/mol. The van der Waals surface area contributed by atoms with Crippen molar-refractivity contribution in [1.82, 2.24) is 10.3 Å². The molecule has 0 fully saturated rings. The van der Waals surface area contributed by atoms with Crippen LogP contribution in [-0.2, 0) is 0 Å². The van der Waals surface area contributed by atoms with E-state index in [-0.39, 0.29) is 16.8 Å². The van der Waals surface area contributed by atoms with Crippen LogP contribution in [0.1, 0.15) is 31.0 Å². The van der Waals surface area contributed by atoms with Crippen LogP contribution in [0, 0.1) is 18.6 Å². The highest BCUT2D eigenvalue weighted by atomic mass is 19.1. The van der Waals surface area contributed by atoms with Crippen molar-refractivity contribution in [3.05, 3.63) is 83.6 Å². The summed E-state index contributed by atoms with van der Waals surface area (Å²) < 4.78 is 36.9. The zero-order valence-electron chi connectivity index (χ0n) is 19.4. The third kappa shape index (κ3) is 3.89. The van der Waals surface area contributed by atoms with Crippen LogP contribution in [0.2, 0.25) is 0 Å². The van der Waals surface area contributed by atoms with Crippen molar-refractivity contribution >= 4 is 22.7 Å². The number of aromatic amines is 1. The number of aliphatic hydroxyl groups is 1. The highest BCUT2D eigenvalue weighted by Gasteiger charge is 2.44. The van der Waals surface area contributed by atoms with Gasteiger partial charge in [-0.1, -0.05) is 36.4 Å². The molecule has 1 aliphatic heterocycles. The van der Waals surface area contributed by atoms with Crippen molar-refractivity contribution in [3.63, 3.8) is 0 Å². The number of ether oxygens (including phenoxy) is 1. The lowest BCUT2D eigenvalue weighted by Gasteiger charge is -2.43. The number of para-hydroxylation sites is 2. The van der Waals surface area contributed by atoms with Gasteiger partial charge in [-0.25, -0.2) is 13.6 Å². The molecule has 1 aromatic heterocycles. The Morgan fingerprint density at radius 3 is 2.60 bits per heavy atom. The highest BCUT2D eigenvalue weighted by molar-refractivity contribution is 5.96. The number of aryl methyl sites for hydroxylation is 1. The fraction of sp³-hybridized carbons (Fsp3) is 0.222. The van der Waals surface area contributed by atoms with Gasteiger partial charge in [-0.2, -0.15) is 0 Å². The third-order valence-corrected chi connectivity index (χ3v) is 6.50. The molecule has 0 spiro atoms. The van der Waals surface area contributed by atoms with Crippen LogP contribution >= 0.6 is 0 Å². The Balaban J connectivity index is 1.62. The number of carbonyl (C=O) groups is 1. The quantitative estimate of drug-likeness (QED) is 0.300. The molecule has 5 rings (SSSR count). The highest BCUT2D eigenvalue weighted by Crippen LogP contribution is 2.44. The first-order valence-electron chi connectivity index (χ1n) is 11.3. The van der Waals surface area contributed by atoms with Crippen LogP contribution in [0.3, 0.4) is 0 Å². The fourth-order valence-corrected chi connectivity index (χ4v) is 4.69. The lowest BCUT2D eigenvalue weighted by atomic mass is 9.81. The van der Waals surface area contributed by atoms with Crippen LogP contribution in [0.5, 0.6) is 5.75 Å². The maximum atomic E-state index is 16.2. The Bertz CT molecular complexity index is 1430. The van der Waals surface area contributed by atoms with Gasteiger partial charge in [-0.05, 0) is 44.5 Å². The molecule has 1 amide bonds. The minimum Gasteiger partial charge on any atom is -0.410 e. The lowest BCUT2D eigenvalue weighted by Crippen LogP contribution is -2.55. The van der Waals surface area contributed by atoms with Gasteiger partial charge in [-0.15, -0.1) is 0 Å². The summed E-state index contributed by atoms with van der Waals surface area (Å²) in [7, 11) is 0. The number of nitrogens with one attached hydrogen (secondary N) is 3. The van der Waals surface area contributed by atoms with Gasteiger partial charge >= 0.3 is 6.09 Å². The molecule has 1 aliphatic rings. The predicted octanol–water partition coefficient (Wildman–Crippen LogP) is 5.82. The van der Waals surface area contributed by atoms with Crippen molar-refractivity contribution in [3.8, 4) is 16.9 Å². The van der Waals surface area contributed by atoms with Crippen molar-refractivity contribution < 1.29 is 23.4 Å². The number of fused-ring (bicyclic) bond motifs is 2. The van der Waals surface area contributed by atoms with Crippen molar-refractivity contribution in [2.75, 3.05) is 5.32 Å². The van der Waals surface area contributed by atoms with Crippen molar-refractivity contribution in [2.24, 2.45) is 0 Å². The van der Waals surface area contributed by atoms with Gasteiger partial charge in [0.25, 0.3) is 0 Å². The molecule has 35 heavy (non-hydrogen) atoms. The van der Waals surface area contributed by atoms with Crippen LogP contribution in [0.4, 0.5) is 19.3 Å². The van der Waals surface area contributed by atoms with E-state index in [9.17, 15) is 9.90 Å². The van der Waals surface area contributed by atoms with Crippen molar-refractivity contribution in [1.29, 1.82) is 0 Å². The van der Waals surface area contributed by atoms with E-state index in [1.807, 2.05) is 13.0 Å². The van der Waals surface area contributed by atoms with Crippen LogP contribution in [0.15, 0.2) is 60.8 Å². The Morgan fingerprint density at radius 1 is 1.11 bits per heavy atom. The monoisotopic (exact) mass is 477 g/mol. The van der Waals surface area contributed by atoms with E-state index in [1.54, 1.807) is 62.5 Å². The first-order chi connectivity index (χ1) is 16.7. The molecule has 0 bridgehead atoms. The SMILES string of the molecule is Cc1c[nH]c2c(-c3c(F)cc4c(c3F)[C@@H](NC(=O)Oc3ccccc3)[C@H](O)C(C)(C)N4)cccc12. The zero-order valence-corrected chi connectivity index (χ0v) is 19.4. The van der Waals surface area contributed by atoms with E-state index in [4.69, 9.17) is 4.74 Å². The molecule has 2 atom stereocenters. The smallest absolute Gasteiger partial charge is 0.410 e. The normalized spacial score (nSPS) is 18.6. The van der Waals surface area contributed by atoms with Gasteiger partial charge in [0.2, 0.25) is 0 Å². The average Bonchev–Trinajstić information content (AvgIpc) is 3.19. The van der Waals surface area contributed by atoms with E-state index in [2.05, 4.69) is 15.6 Å². The number of H-pyrrole nitrogens is 1. The first-order valence-corrected chi connectivity index (χ1v) is 11.3. The number of amides is 1. The molecule has 2 heterocycles. The summed E-state index contributed by atoms with van der Waals surface area (Å²) in [4.78, 5) is 15.8. The maximum absolute atomic E-state index is 16.2. The summed E-state index contributed by atoms with van der Waals surface area (Å²) in [6.45, 7) is 5.27. The molecule has 180 valence electrons. The Kier molecular flexibility index (Phi) is 5.48. The number of benzene rings is 3. The number of aromatic nitrogens is 1. The van der Waals surface area contributed by atoms with E-state index in [0.29, 0.717) is 16.8 Å². The van der Waals surface area contributed by atoms with Crippen LogP contribution in [0.25, 0.3) is 22.0 Å². The van der Waals surface area contributed by atoms with E-state index < -0.39 is 35.4 Å². The van der Waals surface area contributed by atoms with Gasteiger partial charge in [0.1, 0.15) is 23.5 Å². The fourth-order valence-electron chi connectivity index (χ4n) is 4.69. The van der Waals surface area contributed by atoms with Crippen LogP contribution in [-0.4, -0.2) is 27.8 Å². The van der Waals surface area contributed by atoms with Gasteiger partial charge < -0.3 is 25.5 Å². The Labute approximate surface area is 200 Å². The largest absolute Gasteiger partial charge is 0.413 e. The summed E-state index contributed by atoms with van der Waals surface area (Å²) in [6, 6.07) is 13.6. The summed E-state index contributed by atoms with van der Waals surface area (Å²) >= 11 is 0. The topological polar surface area (TPSA) is 86.4 Å². The van der Waals surface area contributed by atoms with Gasteiger partial charge in [-0.3, -0.25) is 0 Å². The summed E-state index contributed by atoms with van der Waals surface area (Å²) in [5.41, 5.74) is 0.765. The van der Waals surface area contributed by atoms with Crippen molar-refractivity contribution in [2.45, 2.75) is 38.5 Å². The Morgan fingerprint density at radius 2 is 1.86 bits per heavy atom. The van der Waals surface area contributed by atoms with Crippen LogP contribution < -0.4 is 15.4 Å². The summed E-state index contributed by atoms with van der Waals surface area (Å²) in [5, 5.41) is 17.5. The van der Waals surface area contributed by atoms with E-state index >= 15 is 8.78 Å². The molecule has 0 saturated carbocycles. The minimum atomic E-state index is -1.24. The second-order valence-electron chi connectivity index (χ2n) is 9.32. The predicted molar refractivity (Wildman–Crippen MR) is 130 cm³/mol. The van der Waals surface area contributed by atoms with E-state index in [0.717, 1.165) is 10.9 Å². The third-order valence-electron chi connectivity index (χ3n) is 6.50. The number of carbonyl (C=O) groups excluding carboxylic acids is 1. The summed E-state index contributed by atoms with van der Waals surface area (Å²) in [6.07, 6.45) is -0.328. The molecular formula is C27H25F2N3O3. The number of rotatable bonds is 3. The molecule has 8 heteroatoms. The molecule has 0 unspecified atom stereocenters. The minimum absolute atomic E-state index is 0.0430. The number of halogens is 2. The number of hydrogen-bond donors (Lipinski definition) is 4. The Hall–Kier alpha value is -3.91. The second kappa shape index (κ2) is 8.39.